The average Bonchev–Trinajstić information content (AvgIpc) is 3.88. The monoisotopic (exact) mass is 632 g/mol. The van der Waals surface area contributed by atoms with Crippen LogP contribution in [0.25, 0.3) is 21.9 Å². The van der Waals surface area contributed by atoms with Gasteiger partial charge in [0.05, 0.1) is 5.69 Å². The molecule has 5 aliphatic heterocycles. The first-order valence-corrected chi connectivity index (χ1v) is 17.4. The summed E-state index contributed by atoms with van der Waals surface area (Å²) >= 11 is 0. The summed E-state index contributed by atoms with van der Waals surface area (Å²) in [6.07, 6.45) is 17.2. The Morgan fingerprint density at radius 2 is 1.38 bits per heavy atom. The van der Waals surface area contributed by atoms with Crippen LogP contribution in [0.5, 0.6) is 0 Å². The topological polar surface area (TPSA) is 32.6 Å². The first-order chi connectivity index (χ1) is 23.6. The normalized spacial score (nSPS) is 24.4. The molecule has 0 fully saturated rings. The van der Waals surface area contributed by atoms with Crippen molar-refractivity contribution in [1.29, 1.82) is 0 Å². The Labute approximate surface area is 281 Å². The molecule has 0 amide bonds. The van der Waals surface area contributed by atoms with Crippen LogP contribution in [0.3, 0.4) is 0 Å². The Morgan fingerprint density at radius 3 is 2.31 bits per heavy atom. The number of furan rings is 1. The van der Waals surface area contributed by atoms with Gasteiger partial charge in [-0.25, -0.2) is 0 Å². The van der Waals surface area contributed by atoms with Crippen LogP contribution in [0.1, 0.15) is 42.4 Å². The van der Waals surface area contributed by atoms with E-state index in [4.69, 9.17) is 4.42 Å². The number of anilines is 3. The number of hydrogen-bond acceptors (Lipinski definition) is 7. The lowest BCUT2D eigenvalue weighted by molar-refractivity contribution is 0.215. The first-order valence-electron chi connectivity index (χ1n) is 17.4. The van der Waals surface area contributed by atoms with Crippen LogP contribution in [-0.2, 0) is 6.42 Å². The Bertz CT molecular complexity index is 2150. The molecule has 240 valence electrons. The largest absolute Gasteiger partial charge is 0.454 e. The van der Waals surface area contributed by atoms with Gasteiger partial charge in [-0.05, 0) is 54.7 Å². The predicted octanol–water partition coefficient (Wildman–Crippen LogP) is 8.18. The summed E-state index contributed by atoms with van der Waals surface area (Å²) < 4.78 is 6.87. The molecule has 5 aromatic rings. The van der Waals surface area contributed by atoms with Crippen molar-refractivity contribution in [3.05, 3.63) is 139 Å². The summed E-state index contributed by atoms with van der Waals surface area (Å²) in [4.78, 5) is 15.0. The minimum absolute atomic E-state index is 0.0687. The van der Waals surface area contributed by atoms with Gasteiger partial charge in [0.1, 0.15) is 24.1 Å². The molecule has 0 aliphatic carbocycles. The summed E-state index contributed by atoms with van der Waals surface area (Å²) in [6.45, 7) is 4.34. The van der Waals surface area contributed by atoms with E-state index in [9.17, 15) is 0 Å². The van der Waals surface area contributed by atoms with Gasteiger partial charge in [0.15, 0.2) is 5.58 Å². The zero-order valence-corrected chi connectivity index (χ0v) is 27.5. The van der Waals surface area contributed by atoms with Crippen molar-refractivity contribution in [3.8, 4) is 0 Å². The summed E-state index contributed by atoms with van der Waals surface area (Å²) in [5, 5.41) is 2.33. The van der Waals surface area contributed by atoms with Gasteiger partial charge in [0.25, 0.3) is 0 Å². The highest BCUT2D eigenvalue weighted by atomic mass is 16.3. The highest BCUT2D eigenvalue weighted by molar-refractivity contribution is 6.10. The van der Waals surface area contributed by atoms with E-state index in [0.717, 1.165) is 48.9 Å². The van der Waals surface area contributed by atoms with E-state index < -0.39 is 0 Å². The lowest BCUT2D eigenvalue weighted by atomic mass is 9.82. The molecule has 4 atom stereocenters. The molecule has 4 aromatic carbocycles. The van der Waals surface area contributed by atoms with E-state index in [0.29, 0.717) is 0 Å². The molecule has 6 heterocycles. The maximum absolute atomic E-state index is 6.87. The zero-order valence-electron chi connectivity index (χ0n) is 27.5. The van der Waals surface area contributed by atoms with Gasteiger partial charge < -0.3 is 33.8 Å². The van der Waals surface area contributed by atoms with E-state index in [1.807, 2.05) is 0 Å². The molecule has 0 saturated carbocycles. The van der Waals surface area contributed by atoms with E-state index >= 15 is 0 Å². The van der Waals surface area contributed by atoms with Gasteiger partial charge in [-0.3, -0.25) is 0 Å². The Balaban J connectivity index is 1.28. The lowest BCUT2D eigenvalue weighted by Gasteiger charge is -2.42. The summed E-state index contributed by atoms with van der Waals surface area (Å²) in [5.74, 6) is 0.0687. The molecule has 0 saturated heterocycles. The standard InChI is InChI=1S/C41H40N6O/c1-28-43-18-9-19-44-22-25-46-36-14-7-4-11-30(36)34(26-29-10-3-6-13-35(29)45(28)24-21-43)32-16-17-33-31-12-5-8-15-37(31)48-41(33)40(32)47-23-20-42(2)38(47)27-39(44)46/h3-8,10-17,20-25,28,34,38-39H,9,18-19,26-27H2,1-2H3. The maximum Gasteiger partial charge on any atom is 0.159 e. The molecule has 7 heteroatoms. The molecule has 7 nitrogen and oxygen atoms in total. The second-order valence-corrected chi connectivity index (χ2v) is 13.9. The molecule has 0 N–H and O–H groups in total. The predicted molar refractivity (Wildman–Crippen MR) is 194 cm³/mol. The molecule has 48 heavy (non-hydrogen) atoms. The quantitative estimate of drug-likeness (QED) is 0.170. The molecule has 5 aliphatic rings. The van der Waals surface area contributed by atoms with Crippen molar-refractivity contribution in [2.45, 2.75) is 50.6 Å². The van der Waals surface area contributed by atoms with Gasteiger partial charge >= 0.3 is 0 Å². The summed E-state index contributed by atoms with van der Waals surface area (Å²) in [7, 11) is 2.22. The molecule has 0 spiro atoms. The van der Waals surface area contributed by atoms with E-state index in [1.54, 1.807) is 0 Å². The minimum atomic E-state index is 0.0687. The zero-order chi connectivity index (χ0) is 31.9. The Kier molecular flexibility index (Phi) is 6.14. The molecule has 10 rings (SSSR count). The third-order valence-corrected chi connectivity index (χ3v) is 11.4. The highest BCUT2D eigenvalue weighted by Crippen LogP contribution is 2.49. The number of nitrogens with zero attached hydrogens (tertiary/aromatic N) is 6. The first kappa shape index (κ1) is 27.8. The molecular weight excluding hydrogens is 592 g/mol. The number of hydrogen-bond donors (Lipinski definition) is 0. The van der Waals surface area contributed by atoms with Crippen LogP contribution in [0, 0.1) is 0 Å². The van der Waals surface area contributed by atoms with Gasteiger partial charge in [0.2, 0.25) is 0 Å². The van der Waals surface area contributed by atoms with E-state index in [1.165, 1.54) is 39.1 Å². The summed E-state index contributed by atoms with van der Waals surface area (Å²) in [5.41, 5.74) is 9.64. The maximum atomic E-state index is 6.87. The molecule has 4 unspecified atom stereocenters. The number of fused-ring (bicyclic) bond motifs is 12. The van der Waals surface area contributed by atoms with Crippen LogP contribution < -0.4 is 14.7 Å². The van der Waals surface area contributed by atoms with Crippen LogP contribution >= 0.6 is 0 Å². The van der Waals surface area contributed by atoms with Crippen molar-refractivity contribution in [1.82, 2.24) is 14.7 Å². The molecular formula is C41H40N6O. The Hall–Kier alpha value is -5.30. The van der Waals surface area contributed by atoms with Crippen LogP contribution in [-0.4, -0.2) is 53.3 Å². The minimum Gasteiger partial charge on any atom is -0.454 e. The van der Waals surface area contributed by atoms with Crippen molar-refractivity contribution < 1.29 is 4.42 Å². The Morgan fingerprint density at radius 1 is 0.625 bits per heavy atom. The second kappa shape index (κ2) is 10.6. The highest BCUT2D eigenvalue weighted by Gasteiger charge is 2.40. The second-order valence-electron chi connectivity index (χ2n) is 13.9. The van der Waals surface area contributed by atoms with Crippen LogP contribution in [0.2, 0.25) is 0 Å². The van der Waals surface area contributed by atoms with Gasteiger partial charge in [-0.2, -0.15) is 0 Å². The number of benzene rings is 4. The molecule has 1 aromatic heterocycles. The van der Waals surface area contributed by atoms with Gasteiger partial charge in [-0.15, -0.1) is 0 Å². The third kappa shape index (κ3) is 4.06. The lowest BCUT2D eigenvalue weighted by Crippen LogP contribution is -2.48. The fourth-order valence-electron chi connectivity index (χ4n) is 8.94. The van der Waals surface area contributed by atoms with Crippen LogP contribution in [0.4, 0.5) is 17.1 Å². The molecule has 6 bridgehead atoms. The van der Waals surface area contributed by atoms with Crippen molar-refractivity contribution >= 4 is 39.0 Å². The number of para-hydroxylation sites is 3. The van der Waals surface area contributed by atoms with Crippen molar-refractivity contribution in [2.24, 2.45) is 0 Å². The van der Waals surface area contributed by atoms with E-state index in [-0.39, 0.29) is 24.4 Å². The molecule has 0 radical (unpaired) electrons. The fourth-order valence-corrected chi connectivity index (χ4v) is 8.94. The third-order valence-electron chi connectivity index (χ3n) is 11.4. The number of rotatable bonds is 0. The van der Waals surface area contributed by atoms with Gasteiger partial charge in [-0.1, -0.05) is 66.7 Å². The smallest absolute Gasteiger partial charge is 0.159 e. The van der Waals surface area contributed by atoms with Crippen molar-refractivity contribution in [2.75, 3.05) is 34.8 Å². The SMILES string of the molecule is CC1N2C=CN1c1ccccc1CC1c3ccccc3N3C=CN(CCC2)C3CC2N(C)C=CN2c2c1ccc1c2oc2ccccc21. The van der Waals surface area contributed by atoms with Crippen molar-refractivity contribution in [3.63, 3.8) is 0 Å². The summed E-state index contributed by atoms with van der Waals surface area (Å²) in [6, 6.07) is 31.3. The average molecular weight is 633 g/mol. The fraction of sp³-hybridized carbons (Fsp3) is 0.268. The van der Waals surface area contributed by atoms with Crippen LogP contribution in [0.15, 0.2) is 127 Å². The van der Waals surface area contributed by atoms with Gasteiger partial charge in [0, 0.05) is 91.8 Å². The van der Waals surface area contributed by atoms with E-state index in [2.05, 4.69) is 165 Å².